The zero-order valence-corrected chi connectivity index (χ0v) is 8.93. The summed E-state index contributed by atoms with van der Waals surface area (Å²) in [4.78, 5) is 10.1. The average molecular weight is 205 g/mol. The quantitative estimate of drug-likeness (QED) is 0.556. The molecule has 0 bridgehead atoms. The summed E-state index contributed by atoms with van der Waals surface area (Å²) in [5, 5.41) is 8.30. The fraction of sp³-hybridized carbons (Fsp3) is 0.750. The molecule has 0 aliphatic carbocycles. The summed E-state index contributed by atoms with van der Waals surface area (Å²) >= 11 is -1.28. The van der Waals surface area contributed by atoms with Gasteiger partial charge >= 0.3 is 5.97 Å². The van der Waals surface area contributed by atoms with Crippen LogP contribution in [0.2, 0.25) is 0 Å². The van der Waals surface area contributed by atoms with Crippen LogP contribution in [0.15, 0.2) is 4.40 Å². The van der Waals surface area contributed by atoms with Crippen molar-refractivity contribution in [3.05, 3.63) is 0 Å². The molecule has 0 saturated carbocycles. The molecule has 0 fully saturated rings. The first-order chi connectivity index (χ1) is 5.84. The van der Waals surface area contributed by atoms with Crippen LogP contribution in [-0.4, -0.2) is 26.6 Å². The van der Waals surface area contributed by atoms with E-state index >= 15 is 0 Å². The van der Waals surface area contributed by atoms with Gasteiger partial charge in [0.15, 0.2) is 0 Å². The Hall–Kier alpha value is -0.550. The molecule has 76 valence electrons. The van der Waals surface area contributed by atoms with E-state index in [-0.39, 0.29) is 11.2 Å². The lowest BCUT2D eigenvalue weighted by Gasteiger charge is -2.17. The van der Waals surface area contributed by atoms with Crippen molar-refractivity contribution in [3.8, 4) is 0 Å². The molecule has 0 aliphatic rings. The number of rotatable bonds is 4. The maximum Gasteiger partial charge on any atom is 0.303 e. The van der Waals surface area contributed by atoms with E-state index in [2.05, 4.69) is 4.40 Å². The zero-order valence-electron chi connectivity index (χ0n) is 8.11. The first-order valence-corrected chi connectivity index (χ1v) is 5.11. The zero-order chi connectivity index (χ0) is 10.5. The number of carbonyl (C=O) groups is 1. The van der Waals surface area contributed by atoms with Gasteiger partial charge in [-0.15, -0.1) is 0 Å². The molecule has 0 amide bonds. The Morgan fingerprint density at radius 2 is 2.15 bits per heavy atom. The van der Waals surface area contributed by atoms with Gasteiger partial charge in [0.25, 0.3) is 0 Å². The van der Waals surface area contributed by atoms with Crippen LogP contribution >= 0.6 is 0 Å². The van der Waals surface area contributed by atoms with Crippen LogP contribution in [0.5, 0.6) is 0 Å². The lowest BCUT2D eigenvalue weighted by atomic mass is 10.3. The highest BCUT2D eigenvalue weighted by atomic mass is 32.2. The van der Waals surface area contributed by atoms with Crippen LogP contribution in [0, 0.1) is 0 Å². The van der Waals surface area contributed by atoms with Gasteiger partial charge in [0, 0.05) is 0 Å². The van der Waals surface area contributed by atoms with Crippen molar-refractivity contribution in [1.82, 2.24) is 0 Å². The number of carboxylic acid groups (broad SMARTS) is 1. The molecule has 13 heavy (non-hydrogen) atoms. The molecule has 5 heteroatoms. The van der Waals surface area contributed by atoms with E-state index in [1.54, 1.807) is 0 Å². The van der Waals surface area contributed by atoms with Crippen LogP contribution in [0.4, 0.5) is 0 Å². The van der Waals surface area contributed by atoms with E-state index in [4.69, 9.17) is 5.11 Å². The summed E-state index contributed by atoms with van der Waals surface area (Å²) in [6, 6.07) is 0. The minimum Gasteiger partial charge on any atom is -0.591 e. The van der Waals surface area contributed by atoms with Gasteiger partial charge in [0.1, 0.15) is 16.1 Å². The Kier molecular flexibility index (Phi) is 5.02. The van der Waals surface area contributed by atoms with Crippen molar-refractivity contribution in [1.29, 1.82) is 0 Å². The van der Waals surface area contributed by atoms with Crippen LogP contribution in [0.25, 0.3) is 0 Å². The summed E-state index contributed by atoms with van der Waals surface area (Å²) in [5.41, 5.74) is 0. The van der Waals surface area contributed by atoms with Gasteiger partial charge in [0.05, 0.1) is 12.6 Å². The van der Waals surface area contributed by atoms with Gasteiger partial charge in [-0.3, -0.25) is 4.79 Å². The second-order valence-corrected chi connectivity index (χ2v) is 5.52. The SMILES string of the molecule is CC(C)(C)[S@+]([O-])N=CCCC(=O)O. The predicted octanol–water partition coefficient (Wildman–Crippen LogP) is 1.38. The molecule has 0 spiro atoms. The molecule has 0 radical (unpaired) electrons. The third-order valence-corrected chi connectivity index (χ3v) is 2.57. The summed E-state index contributed by atoms with van der Waals surface area (Å²) in [5.74, 6) is -0.868. The lowest BCUT2D eigenvalue weighted by Crippen LogP contribution is -2.25. The smallest absolute Gasteiger partial charge is 0.303 e. The topological polar surface area (TPSA) is 72.7 Å². The minimum atomic E-state index is -1.28. The number of hydrogen-bond acceptors (Lipinski definition) is 3. The van der Waals surface area contributed by atoms with Gasteiger partial charge < -0.3 is 9.66 Å². The number of aliphatic carboxylic acids is 1. The summed E-state index contributed by atoms with van der Waals surface area (Å²) < 4.78 is 14.7. The molecule has 0 heterocycles. The molecule has 0 aliphatic heterocycles. The number of hydrogen-bond donors (Lipinski definition) is 1. The second kappa shape index (κ2) is 5.24. The highest BCUT2D eigenvalue weighted by molar-refractivity contribution is 7.91. The van der Waals surface area contributed by atoms with Crippen LogP contribution < -0.4 is 0 Å². The first-order valence-electron chi connectivity index (χ1n) is 4.00. The standard InChI is InChI=1S/C8H15NO3S/c1-8(2,3)13(12)9-6-4-5-7(10)11/h6H,4-5H2,1-3H3,(H,10,11)/t13-/m0/s1. The Morgan fingerprint density at radius 1 is 1.62 bits per heavy atom. The molecule has 0 aromatic rings. The predicted molar refractivity (Wildman–Crippen MR) is 53.3 cm³/mol. The van der Waals surface area contributed by atoms with Crippen molar-refractivity contribution >= 4 is 23.5 Å². The van der Waals surface area contributed by atoms with Crippen LogP contribution in [0.3, 0.4) is 0 Å². The van der Waals surface area contributed by atoms with Crippen molar-refractivity contribution in [2.24, 2.45) is 4.40 Å². The Labute approximate surface area is 81.4 Å². The van der Waals surface area contributed by atoms with E-state index in [1.165, 1.54) is 6.21 Å². The normalized spacial score (nSPS) is 14.8. The molecule has 4 nitrogen and oxygen atoms in total. The minimum absolute atomic E-state index is 0.0326. The summed E-state index contributed by atoms with van der Waals surface area (Å²) in [6.07, 6.45) is 1.78. The lowest BCUT2D eigenvalue weighted by molar-refractivity contribution is -0.136. The molecular formula is C8H15NO3S. The molecule has 1 atom stereocenters. The highest BCUT2D eigenvalue weighted by Gasteiger charge is 2.25. The van der Waals surface area contributed by atoms with Gasteiger partial charge in [-0.25, -0.2) is 0 Å². The Bertz CT molecular complexity index is 198. The van der Waals surface area contributed by atoms with Gasteiger partial charge in [0.2, 0.25) is 0 Å². The molecule has 0 aromatic heterocycles. The second-order valence-electron chi connectivity index (χ2n) is 3.58. The third kappa shape index (κ3) is 6.60. The molecular weight excluding hydrogens is 190 g/mol. The fourth-order valence-electron chi connectivity index (χ4n) is 0.467. The molecule has 0 rings (SSSR count). The van der Waals surface area contributed by atoms with E-state index in [0.29, 0.717) is 6.42 Å². The number of carboxylic acids is 1. The summed E-state index contributed by atoms with van der Waals surface area (Å²) in [6.45, 7) is 5.45. The first kappa shape index (κ1) is 12.4. The maximum atomic E-state index is 11.3. The van der Waals surface area contributed by atoms with Gasteiger partial charge in [-0.1, -0.05) is 4.40 Å². The number of nitrogens with zero attached hydrogens (tertiary/aromatic N) is 1. The monoisotopic (exact) mass is 205 g/mol. The van der Waals surface area contributed by atoms with Gasteiger partial charge in [-0.2, -0.15) is 0 Å². The van der Waals surface area contributed by atoms with E-state index in [0.717, 1.165) is 0 Å². The van der Waals surface area contributed by atoms with Crippen LogP contribution in [0.1, 0.15) is 33.6 Å². The molecule has 0 aromatic carbocycles. The molecule has 1 N–H and O–H groups in total. The van der Waals surface area contributed by atoms with Crippen molar-refractivity contribution < 1.29 is 14.5 Å². The Morgan fingerprint density at radius 3 is 2.54 bits per heavy atom. The van der Waals surface area contributed by atoms with E-state index in [1.807, 2.05) is 20.8 Å². The van der Waals surface area contributed by atoms with E-state index in [9.17, 15) is 9.35 Å². The van der Waals surface area contributed by atoms with Crippen molar-refractivity contribution in [3.63, 3.8) is 0 Å². The van der Waals surface area contributed by atoms with Crippen molar-refractivity contribution in [2.45, 2.75) is 38.4 Å². The Balaban J connectivity index is 3.79. The van der Waals surface area contributed by atoms with Gasteiger partial charge in [-0.05, 0) is 27.2 Å². The average Bonchev–Trinajstić information content (AvgIpc) is 1.95. The maximum absolute atomic E-state index is 11.3. The highest BCUT2D eigenvalue weighted by Crippen LogP contribution is 2.16. The fourth-order valence-corrected chi connectivity index (χ4v) is 1.02. The summed E-state index contributed by atoms with van der Waals surface area (Å²) in [7, 11) is 0. The van der Waals surface area contributed by atoms with Crippen LogP contribution in [-0.2, 0) is 16.2 Å². The van der Waals surface area contributed by atoms with Crippen molar-refractivity contribution in [2.75, 3.05) is 0 Å². The van der Waals surface area contributed by atoms with E-state index < -0.39 is 17.3 Å². The molecule has 0 unspecified atom stereocenters. The third-order valence-electron chi connectivity index (χ3n) is 1.18. The largest absolute Gasteiger partial charge is 0.591 e. The molecule has 0 saturated heterocycles.